The molecule has 7 heterocycles. The maximum atomic E-state index is 5.95. The fourth-order valence-electron chi connectivity index (χ4n) is 13.6. The Labute approximate surface area is 499 Å². The molecular formula is C75H48N8S2. The average Bonchev–Trinajstić information content (AvgIpc) is 1.51. The molecule has 13 aromatic rings. The first-order chi connectivity index (χ1) is 42.1. The van der Waals surface area contributed by atoms with Gasteiger partial charge in [0.05, 0.1) is 62.1 Å². The zero-order valence-electron chi connectivity index (χ0n) is 45.7. The second-order valence-corrected chi connectivity index (χ2v) is 24.4. The maximum absolute atomic E-state index is 5.95. The van der Waals surface area contributed by atoms with Gasteiger partial charge in [0.1, 0.15) is 17.5 Å². The van der Waals surface area contributed by atoms with Gasteiger partial charge in [0, 0.05) is 47.2 Å². The summed E-state index contributed by atoms with van der Waals surface area (Å²) in [5.41, 5.74) is 16.7. The van der Waals surface area contributed by atoms with Crippen LogP contribution < -0.4 is 25.3 Å². The fourth-order valence-corrected chi connectivity index (χ4v) is 15.7. The zero-order valence-corrected chi connectivity index (χ0v) is 47.3. The fraction of sp³-hybridized carbons (Fsp3) is 0.0400. The van der Waals surface area contributed by atoms with Gasteiger partial charge in [-0.2, -0.15) is 9.97 Å². The minimum atomic E-state index is -0.394. The molecule has 85 heavy (non-hydrogen) atoms. The Morgan fingerprint density at radius 3 is 1.45 bits per heavy atom. The number of anilines is 8. The van der Waals surface area contributed by atoms with E-state index in [1.54, 1.807) is 23.5 Å². The van der Waals surface area contributed by atoms with Gasteiger partial charge in [0.15, 0.2) is 0 Å². The first-order valence-corrected chi connectivity index (χ1v) is 30.4. The van der Waals surface area contributed by atoms with Gasteiger partial charge in [-0.15, -0.1) is 0 Å². The van der Waals surface area contributed by atoms with Gasteiger partial charge < -0.3 is 0 Å². The Balaban J connectivity index is 0.956. The molecule has 2 atom stereocenters. The molecule has 10 heteroatoms. The lowest BCUT2D eigenvalue weighted by molar-refractivity contribution is 0.836. The van der Waals surface area contributed by atoms with Crippen molar-refractivity contribution in [2.75, 3.05) is 14.7 Å². The lowest BCUT2D eigenvalue weighted by Crippen LogP contribution is -2.41. The predicted octanol–water partition coefficient (Wildman–Crippen LogP) is 17.8. The lowest BCUT2D eigenvalue weighted by Gasteiger charge is -2.34. The van der Waals surface area contributed by atoms with E-state index < -0.39 is 5.41 Å². The van der Waals surface area contributed by atoms with Gasteiger partial charge in [-0.3, -0.25) is 19.3 Å². The SMILES string of the molecule is C1=c2c(n(-c3nc(N4c5ccccc5Sc5ccccc54)cc(N4c5ccccc5Sc5ccccc54)n3)c3ccc(-c4ccccc4)cc23)=C2N(c3cccc(-c4cccc(-c5ccccc5)n4)n3)c3ccc(-c4ccccc4)cc3C23CC13. The molecule has 1 spiro atoms. The Morgan fingerprint density at radius 1 is 0.365 bits per heavy atom. The third-order valence-electron chi connectivity index (χ3n) is 17.4. The van der Waals surface area contributed by atoms with Gasteiger partial charge in [-0.25, -0.2) is 9.97 Å². The smallest absolute Gasteiger partial charge is 0.238 e. The molecule has 0 radical (unpaired) electrons. The Morgan fingerprint density at radius 2 is 0.859 bits per heavy atom. The molecule has 5 aliphatic rings. The highest BCUT2D eigenvalue weighted by Gasteiger charge is 2.65. The molecule has 8 nitrogen and oxygen atoms in total. The monoisotopic (exact) mass is 1120 g/mol. The molecule has 0 saturated heterocycles. The number of pyridine rings is 2. The number of hydrogen-bond acceptors (Lipinski definition) is 9. The van der Waals surface area contributed by atoms with Crippen molar-refractivity contribution in [3.8, 4) is 50.8 Å². The minimum absolute atomic E-state index is 0.206. The summed E-state index contributed by atoms with van der Waals surface area (Å²) in [7, 11) is 0. The molecule has 0 bridgehead atoms. The molecule has 3 aliphatic heterocycles. The zero-order chi connectivity index (χ0) is 55.7. The van der Waals surface area contributed by atoms with E-state index in [4.69, 9.17) is 19.9 Å². The highest BCUT2D eigenvalue weighted by atomic mass is 32.2. The average molecular weight is 1130 g/mol. The van der Waals surface area contributed by atoms with Crippen molar-refractivity contribution < 1.29 is 0 Å². The third-order valence-corrected chi connectivity index (χ3v) is 19.7. The number of fused-ring (bicyclic) bond motifs is 8. The van der Waals surface area contributed by atoms with E-state index >= 15 is 0 Å². The van der Waals surface area contributed by atoms with Crippen molar-refractivity contribution in [3.05, 3.63) is 283 Å². The molecule has 2 aliphatic carbocycles. The van der Waals surface area contributed by atoms with E-state index in [0.717, 1.165) is 122 Å². The summed E-state index contributed by atoms with van der Waals surface area (Å²) in [5, 5.41) is 3.36. The largest absolute Gasteiger partial charge is 0.295 e. The van der Waals surface area contributed by atoms with Crippen LogP contribution in [0.1, 0.15) is 12.0 Å². The standard InChI is InChI=1S/C75H48N8S2/c1-4-20-47(21-5-1)50-38-40-59-53(42-50)54-44-52-46-75(52)55-43-51(48-22-6-2-7-23-48)39-41-60(55)82(69-37-19-28-58(77-69)57-27-18-26-56(76-57)49-24-8-3-9-25-49)73(75)72(54)83(59)74-78-70(80-61-29-10-14-33-65(61)84-66-34-15-11-30-62(66)80)45-71(79-74)81-63-31-12-16-35-67(63)85-68-36-17-13-32-64(68)81/h1-45,52H,46H2. The summed E-state index contributed by atoms with van der Waals surface area (Å²) in [6, 6.07) is 95.5. The van der Waals surface area contributed by atoms with Crippen LogP contribution >= 0.6 is 23.5 Å². The predicted molar refractivity (Wildman–Crippen MR) is 346 cm³/mol. The molecule has 9 aromatic carbocycles. The molecule has 0 N–H and O–H groups in total. The van der Waals surface area contributed by atoms with Crippen molar-refractivity contribution in [2.45, 2.75) is 31.4 Å². The first-order valence-electron chi connectivity index (χ1n) is 28.8. The van der Waals surface area contributed by atoms with Gasteiger partial charge in [-0.1, -0.05) is 193 Å². The van der Waals surface area contributed by atoms with Crippen LogP contribution in [0.15, 0.2) is 287 Å². The molecule has 18 rings (SSSR count). The summed E-state index contributed by atoms with van der Waals surface area (Å²) in [5.74, 6) is 3.10. The van der Waals surface area contributed by atoms with Crippen LogP contribution in [0, 0.1) is 5.92 Å². The minimum Gasteiger partial charge on any atom is -0.295 e. The second-order valence-electron chi connectivity index (χ2n) is 22.2. The summed E-state index contributed by atoms with van der Waals surface area (Å²) < 4.78 is 2.40. The van der Waals surface area contributed by atoms with Crippen molar-refractivity contribution in [1.29, 1.82) is 0 Å². The van der Waals surface area contributed by atoms with Crippen molar-refractivity contribution in [1.82, 2.24) is 24.5 Å². The Hall–Kier alpha value is -10.3. The molecule has 400 valence electrons. The summed E-state index contributed by atoms with van der Waals surface area (Å²) in [6.07, 6.45) is 3.51. The molecule has 1 fully saturated rings. The Bertz CT molecular complexity index is 4840. The highest BCUT2D eigenvalue weighted by molar-refractivity contribution is 8.00. The third kappa shape index (κ3) is 7.51. The summed E-state index contributed by atoms with van der Waals surface area (Å²) in [4.78, 5) is 34.6. The van der Waals surface area contributed by atoms with Gasteiger partial charge in [0.25, 0.3) is 0 Å². The van der Waals surface area contributed by atoms with E-state index in [-0.39, 0.29) is 5.92 Å². The van der Waals surface area contributed by atoms with Gasteiger partial charge in [-0.05, 0) is 137 Å². The number of para-hydroxylation sites is 4. The van der Waals surface area contributed by atoms with E-state index in [1.165, 1.54) is 27.6 Å². The van der Waals surface area contributed by atoms with Crippen LogP contribution in [0.25, 0.3) is 73.5 Å². The second kappa shape index (κ2) is 18.9. The van der Waals surface area contributed by atoms with Crippen LogP contribution in [-0.2, 0) is 5.41 Å². The normalized spacial score (nSPS) is 16.5. The van der Waals surface area contributed by atoms with Crippen molar-refractivity contribution in [2.24, 2.45) is 5.92 Å². The van der Waals surface area contributed by atoms with E-state index in [1.807, 2.05) is 6.07 Å². The molecule has 2 unspecified atom stereocenters. The molecule has 1 saturated carbocycles. The topological polar surface area (TPSA) is 66.2 Å². The van der Waals surface area contributed by atoms with E-state index in [0.29, 0.717) is 5.95 Å². The van der Waals surface area contributed by atoms with Gasteiger partial charge in [0.2, 0.25) is 5.95 Å². The van der Waals surface area contributed by atoms with Crippen LogP contribution in [0.5, 0.6) is 0 Å². The van der Waals surface area contributed by atoms with Crippen LogP contribution in [0.3, 0.4) is 0 Å². The van der Waals surface area contributed by atoms with Crippen molar-refractivity contribution >= 4 is 92.1 Å². The number of hydrogen-bond donors (Lipinski definition) is 0. The van der Waals surface area contributed by atoms with Gasteiger partial charge >= 0.3 is 0 Å². The Kier molecular flexibility index (Phi) is 10.7. The van der Waals surface area contributed by atoms with Crippen LogP contribution in [0.4, 0.5) is 45.9 Å². The quantitative estimate of drug-likeness (QED) is 0.148. The van der Waals surface area contributed by atoms with Crippen LogP contribution in [-0.4, -0.2) is 24.5 Å². The van der Waals surface area contributed by atoms with Crippen LogP contribution in [0.2, 0.25) is 0 Å². The summed E-state index contributed by atoms with van der Waals surface area (Å²) in [6.45, 7) is 0. The number of rotatable bonds is 8. The molecular weight excluding hydrogens is 1080 g/mol. The number of benzene rings is 9. The van der Waals surface area contributed by atoms with E-state index in [2.05, 4.69) is 286 Å². The van der Waals surface area contributed by atoms with E-state index in [9.17, 15) is 0 Å². The lowest BCUT2D eigenvalue weighted by atomic mass is 9.87. The summed E-state index contributed by atoms with van der Waals surface area (Å²) >= 11 is 3.59. The maximum Gasteiger partial charge on any atom is 0.238 e. The first kappa shape index (κ1) is 48.3. The number of nitrogens with zero attached hydrogens (tertiary/aromatic N) is 8. The highest BCUT2D eigenvalue weighted by Crippen LogP contribution is 2.69. The van der Waals surface area contributed by atoms with Crippen molar-refractivity contribution in [3.63, 3.8) is 0 Å². The molecule has 4 aromatic heterocycles. The number of aromatic nitrogens is 5. The molecule has 0 amide bonds.